The van der Waals surface area contributed by atoms with E-state index >= 15 is 0 Å². The fourth-order valence-electron chi connectivity index (χ4n) is 3.59. The van der Waals surface area contributed by atoms with E-state index in [9.17, 15) is 9.59 Å². The van der Waals surface area contributed by atoms with Crippen molar-refractivity contribution in [2.24, 2.45) is 5.73 Å². The van der Waals surface area contributed by atoms with Crippen LogP contribution in [0, 0.1) is 13.8 Å². The number of hydrogen-bond acceptors (Lipinski definition) is 5. The predicted molar refractivity (Wildman–Crippen MR) is 119 cm³/mol. The number of pyridine rings is 1. The zero-order valence-electron chi connectivity index (χ0n) is 16.9. The Balaban J connectivity index is 1.81. The van der Waals surface area contributed by atoms with Gasteiger partial charge in [-0.1, -0.05) is 25.1 Å². The maximum absolute atomic E-state index is 13.3. The number of carbonyl (C=O) groups is 2. The van der Waals surface area contributed by atoms with Crippen LogP contribution < -0.4 is 11.1 Å². The van der Waals surface area contributed by atoms with Gasteiger partial charge in [-0.05, 0) is 50.1 Å². The van der Waals surface area contributed by atoms with Crippen LogP contribution in [0.2, 0.25) is 0 Å². The first-order chi connectivity index (χ1) is 14.4. The van der Waals surface area contributed by atoms with Crippen LogP contribution in [0.15, 0.2) is 46.9 Å². The van der Waals surface area contributed by atoms with E-state index in [1.54, 1.807) is 6.07 Å². The average Bonchev–Trinajstić information content (AvgIpc) is 3.29. The number of carbonyl (C=O) groups excluding carboxylic acids is 2. The minimum absolute atomic E-state index is 0.329. The van der Waals surface area contributed by atoms with E-state index in [0.717, 1.165) is 16.2 Å². The Bertz CT molecular complexity index is 1290. The van der Waals surface area contributed by atoms with E-state index in [2.05, 4.69) is 10.3 Å². The number of fused-ring (bicyclic) bond motifs is 1. The first-order valence-corrected chi connectivity index (χ1v) is 10.4. The molecule has 7 heteroatoms. The lowest BCUT2D eigenvalue weighted by atomic mass is 10.1. The van der Waals surface area contributed by atoms with Crippen LogP contribution in [0.3, 0.4) is 0 Å². The van der Waals surface area contributed by atoms with Crippen molar-refractivity contribution in [1.82, 2.24) is 4.98 Å². The first-order valence-electron chi connectivity index (χ1n) is 9.59. The summed E-state index contributed by atoms with van der Waals surface area (Å²) in [6, 6.07) is 12.8. The molecule has 0 aliphatic carbocycles. The van der Waals surface area contributed by atoms with E-state index < -0.39 is 5.91 Å². The van der Waals surface area contributed by atoms with Crippen LogP contribution in [0.4, 0.5) is 5.00 Å². The molecular weight excluding hydrogens is 398 g/mol. The molecule has 0 bridgehead atoms. The number of thiophene rings is 1. The van der Waals surface area contributed by atoms with Crippen molar-refractivity contribution in [3.05, 3.63) is 69.8 Å². The van der Waals surface area contributed by atoms with E-state index in [1.165, 1.54) is 11.3 Å². The molecule has 0 saturated heterocycles. The number of furan rings is 1. The molecule has 0 saturated carbocycles. The quantitative estimate of drug-likeness (QED) is 0.471. The second-order valence-corrected chi connectivity index (χ2v) is 8.22. The number of aromatic nitrogens is 1. The molecule has 4 rings (SSSR count). The third-order valence-electron chi connectivity index (χ3n) is 4.99. The molecule has 1 aromatic carbocycles. The Hall–Kier alpha value is -3.45. The third kappa shape index (κ3) is 3.48. The molecule has 3 aromatic heterocycles. The summed E-state index contributed by atoms with van der Waals surface area (Å²) in [5.41, 5.74) is 8.56. The number of amides is 2. The number of nitrogens with zero attached hydrogens (tertiary/aromatic N) is 1. The Labute approximate surface area is 177 Å². The van der Waals surface area contributed by atoms with Gasteiger partial charge in [-0.2, -0.15) is 0 Å². The number of anilines is 1. The number of para-hydroxylation sites is 1. The highest BCUT2D eigenvalue weighted by Gasteiger charge is 2.22. The van der Waals surface area contributed by atoms with Gasteiger partial charge < -0.3 is 15.5 Å². The fraction of sp³-hybridized carbons (Fsp3) is 0.174. The van der Waals surface area contributed by atoms with Crippen LogP contribution >= 0.6 is 11.3 Å². The molecule has 0 unspecified atom stereocenters. The molecule has 30 heavy (non-hydrogen) atoms. The molecule has 0 atom stereocenters. The summed E-state index contributed by atoms with van der Waals surface area (Å²) in [4.78, 5) is 30.9. The van der Waals surface area contributed by atoms with Gasteiger partial charge in [0.15, 0.2) is 5.76 Å². The van der Waals surface area contributed by atoms with Crippen molar-refractivity contribution in [1.29, 1.82) is 0 Å². The minimum Gasteiger partial charge on any atom is -0.460 e. The molecule has 0 spiro atoms. The smallest absolute Gasteiger partial charge is 0.257 e. The Morgan fingerprint density at radius 2 is 1.93 bits per heavy atom. The monoisotopic (exact) mass is 419 g/mol. The average molecular weight is 420 g/mol. The zero-order valence-corrected chi connectivity index (χ0v) is 17.7. The van der Waals surface area contributed by atoms with Gasteiger partial charge in [0.1, 0.15) is 16.5 Å². The highest BCUT2D eigenvalue weighted by Crippen LogP contribution is 2.34. The Morgan fingerprint density at radius 3 is 2.60 bits per heavy atom. The van der Waals surface area contributed by atoms with Gasteiger partial charge in [0, 0.05) is 10.3 Å². The molecular formula is C23H21N3O3S. The molecule has 2 amide bonds. The lowest BCUT2D eigenvalue weighted by Crippen LogP contribution is -2.18. The van der Waals surface area contributed by atoms with Gasteiger partial charge in [0.2, 0.25) is 0 Å². The first kappa shape index (κ1) is 19.8. The van der Waals surface area contributed by atoms with Gasteiger partial charge in [0.05, 0.1) is 16.6 Å². The normalized spacial score (nSPS) is 11.0. The van der Waals surface area contributed by atoms with Crippen LogP contribution in [0.1, 0.15) is 43.8 Å². The minimum atomic E-state index is -0.544. The van der Waals surface area contributed by atoms with Crippen molar-refractivity contribution in [2.45, 2.75) is 27.2 Å². The lowest BCUT2D eigenvalue weighted by Gasteiger charge is -2.10. The number of hydrogen-bond donors (Lipinski definition) is 2. The van der Waals surface area contributed by atoms with E-state index in [0.29, 0.717) is 44.9 Å². The lowest BCUT2D eigenvalue weighted by molar-refractivity contribution is 0.100. The molecule has 0 aliphatic heterocycles. The molecule has 3 N–H and O–H groups in total. The largest absolute Gasteiger partial charge is 0.460 e. The van der Waals surface area contributed by atoms with Crippen LogP contribution in [0.5, 0.6) is 0 Å². The van der Waals surface area contributed by atoms with Gasteiger partial charge in [-0.3, -0.25) is 9.59 Å². The molecule has 4 aromatic rings. The summed E-state index contributed by atoms with van der Waals surface area (Å²) in [6.07, 6.45) is 0.663. The number of rotatable bonds is 5. The number of benzene rings is 1. The maximum atomic E-state index is 13.3. The fourth-order valence-corrected chi connectivity index (χ4v) is 4.73. The second-order valence-electron chi connectivity index (χ2n) is 7.00. The third-order valence-corrected chi connectivity index (χ3v) is 6.05. The van der Waals surface area contributed by atoms with Crippen LogP contribution in [-0.4, -0.2) is 16.8 Å². The summed E-state index contributed by atoms with van der Waals surface area (Å²) in [7, 11) is 0. The Kier molecular flexibility index (Phi) is 5.13. The summed E-state index contributed by atoms with van der Waals surface area (Å²) in [5, 5.41) is 4.09. The topological polar surface area (TPSA) is 98.2 Å². The number of nitrogens with two attached hydrogens (primary N) is 1. The number of aryl methyl sites for hydroxylation is 2. The van der Waals surface area contributed by atoms with Gasteiger partial charge in [-0.15, -0.1) is 11.3 Å². The molecule has 3 heterocycles. The maximum Gasteiger partial charge on any atom is 0.257 e. The van der Waals surface area contributed by atoms with E-state index in [1.807, 2.05) is 57.2 Å². The number of primary amides is 1. The number of nitrogens with one attached hydrogen (secondary N) is 1. The standard InChI is InChI=1S/C23H21N3O3S/c1-4-14-13(3)30-23(20(14)21(24)27)26-22(28)16-11-18(19-10-9-12(2)29-19)25-17-8-6-5-7-15(16)17/h5-11H,4H2,1-3H3,(H2,24,27)(H,26,28). The summed E-state index contributed by atoms with van der Waals surface area (Å²) in [6.45, 7) is 5.74. The molecule has 0 radical (unpaired) electrons. The molecule has 0 fully saturated rings. The highest BCUT2D eigenvalue weighted by molar-refractivity contribution is 7.16. The summed E-state index contributed by atoms with van der Waals surface area (Å²) < 4.78 is 5.70. The van der Waals surface area contributed by atoms with E-state index in [4.69, 9.17) is 10.2 Å². The highest BCUT2D eigenvalue weighted by atomic mass is 32.1. The SMILES string of the molecule is CCc1c(C)sc(NC(=O)c2cc(-c3ccc(C)o3)nc3ccccc23)c1C(N)=O. The van der Waals surface area contributed by atoms with Crippen LogP contribution in [-0.2, 0) is 6.42 Å². The molecule has 6 nitrogen and oxygen atoms in total. The van der Waals surface area contributed by atoms with Gasteiger partial charge in [0.25, 0.3) is 11.8 Å². The van der Waals surface area contributed by atoms with Gasteiger partial charge in [-0.25, -0.2) is 4.98 Å². The zero-order chi connectivity index (χ0) is 21.4. The van der Waals surface area contributed by atoms with Crippen LogP contribution in [0.25, 0.3) is 22.4 Å². The molecule has 0 aliphatic rings. The van der Waals surface area contributed by atoms with Gasteiger partial charge >= 0.3 is 0 Å². The van der Waals surface area contributed by atoms with Crippen molar-refractivity contribution < 1.29 is 14.0 Å². The van der Waals surface area contributed by atoms with Crippen molar-refractivity contribution >= 4 is 39.1 Å². The summed E-state index contributed by atoms with van der Waals surface area (Å²) in [5.74, 6) is 0.478. The predicted octanol–water partition coefficient (Wildman–Crippen LogP) is 5.09. The Morgan fingerprint density at radius 1 is 1.17 bits per heavy atom. The van der Waals surface area contributed by atoms with E-state index in [-0.39, 0.29) is 5.91 Å². The van der Waals surface area contributed by atoms with Crippen molar-refractivity contribution in [3.63, 3.8) is 0 Å². The summed E-state index contributed by atoms with van der Waals surface area (Å²) >= 11 is 1.36. The van der Waals surface area contributed by atoms with Crippen molar-refractivity contribution in [3.8, 4) is 11.5 Å². The van der Waals surface area contributed by atoms with Crippen molar-refractivity contribution in [2.75, 3.05) is 5.32 Å². The second kappa shape index (κ2) is 7.76. The molecule has 152 valence electrons.